The fourth-order valence-corrected chi connectivity index (χ4v) is 2.27. The van der Waals surface area contributed by atoms with Gasteiger partial charge in [0.25, 0.3) is 0 Å². The Kier molecular flexibility index (Phi) is 5.40. The van der Waals surface area contributed by atoms with Gasteiger partial charge in [0.2, 0.25) is 0 Å². The second-order valence-electron chi connectivity index (χ2n) is 4.22. The van der Waals surface area contributed by atoms with Crippen molar-refractivity contribution in [3.05, 3.63) is 0 Å². The summed E-state index contributed by atoms with van der Waals surface area (Å²) in [6.07, 6.45) is 3.37. The van der Waals surface area contributed by atoms with Gasteiger partial charge in [-0.2, -0.15) is 0 Å². The summed E-state index contributed by atoms with van der Waals surface area (Å²) in [7, 11) is -0.918. The predicted octanol–water partition coefficient (Wildman–Crippen LogP) is -0.0826. The number of amides is 2. The number of nitrogens with one attached hydrogen (secondary N) is 2. The minimum absolute atomic E-state index is 0.0665. The summed E-state index contributed by atoms with van der Waals surface area (Å²) in [5.41, 5.74) is 0. The molecule has 0 spiro atoms. The average molecular weight is 262 g/mol. The van der Waals surface area contributed by atoms with Crippen LogP contribution in [0.15, 0.2) is 0 Å². The van der Waals surface area contributed by atoms with E-state index in [0.717, 1.165) is 0 Å². The minimum atomic E-state index is -0.918. The number of carboxylic acid groups (broad SMARTS) is 1. The molecule has 3 N–H and O–H groups in total. The fourth-order valence-electron chi connectivity index (χ4n) is 1.88. The number of aliphatic carboxylic acids is 1. The van der Waals surface area contributed by atoms with Crippen molar-refractivity contribution in [1.82, 2.24) is 10.6 Å². The van der Waals surface area contributed by atoms with Crippen molar-refractivity contribution in [2.45, 2.75) is 25.3 Å². The van der Waals surface area contributed by atoms with Crippen LogP contribution in [0.3, 0.4) is 0 Å². The first-order valence-electron chi connectivity index (χ1n) is 5.56. The van der Waals surface area contributed by atoms with E-state index in [-0.39, 0.29) is 18.0 Å². The van der Waals surface area contributed by atoms with Gasteiger partial charge in [0.1, 0.15) is 0 Å². The number of carboxylic acids is 1. The molecule has 1 fully saturated rings. The summed E-state index contributed by atoms with van der Waals surface area (Å²) in [5, 5.41) is 14.1. The van der Waals surface area contributed by atoms with Gasteiger partial charge >= 0.3 is 12.0 Å². The van der Waals surface area contributed by atoms with Crippen LogP contribution in [-0.2, 0) is 15.6 Å². The molecule has 7 heteroatoms. The molecule has 6 nitrogen and oxygen atoms in total. The van der Waals surface area contributed by atoms with Crippen LogP contribution in [0.2, 0.25) is 0 Å². The molecule has 0 bridgehead atoms. The van der Waals surface area contributed by atoms with Crippen LogP contribution in [0.1, 0.15) is 19.3 Å². The van der Waals surface area contributed by atoms with Crippen molar-refractivity contribution < 1.29 is 18.9 Å². The maximum absolute atomic E-state index is 11.4. The van der Waals surface area contributed by atoms with E-state index in [1.54, 1.807) is 6.26 Å². The predicted molar refractivity (Wildman–Crippen MR) is 64.2 cm³/mol. The number of rotatable bonds is 5. The van der Waals surface area contributed by atoms with E-state index >= 15 is 0 Å². The Morgan fingerprint density at radius 3 is 2.65 bits per heavy atom. The van der Waals surface area contributed by atoms with Gasteiger partial charge in [-0.25, -0.2) is 4.79 Å². The highest BCUT2D eigenvalue weighted by Crippen LogP contribution is 2.25. The molecule has 0 heterocycles. The van der Waals surface area contributed by atoms with Gasteiger partial charge in [-0.3, -0.25) is 9.00 Å². The number of carbonyl (C=O) groups is 2. The van der Waals surface area contributed by atoms with Crippen molar-refractivity contribution in [3.8, 4) is 0 Å². The van der Waals surface area contributed by atoms with Crippen molar-refractivity contribution in [2.75, 3.05) is 18.6 Å². The zero-order chi connectivity index (χ0) is 12.8. The SMILES string of the molecule is CS(=O)CCNC(=O)N[C@H]1CC[C@@H](C(=O)O)C1. The van der Waals surface area contributed by atoms with Gasteiger partial charge in [-0.15, -0.1) is 0 Å². The van der Waals surface area contributed by atoms with Crippen LogP contribution in [0, 0.1) is 5.92 Å². The molecule has 0 aromatic carbocycles. The van der Waals surface area contributed by atoms with Gasteiger partial charge in [0, 0.05) is 35.4 Å². The molecular weight excluding hydrogens is 244 g/mol. The fraction of sp³-hybridized carbons (Fsp3) is 0.800. The molecule has 1 rings (SSSR count). The van der Waals surface area contributed by atoms with Crippen LogP contribution in [0.25, 0.3) is 0 Å². The van der Waals surface area contributed by atoms with Crippen LogP contribution in [0.5, 0.6) is 0 Å². The van der Waals surface area contributed by atoms with Crippen LogP contribution in [-0.4, -0.2) is 45.9 Å². The van der Waals surface area contributed by atoms with Crippen LogP contribution in [0.4, 0.5) is 4.79 Å². The van der Waals surface area contributed by atoms with Crippen LogP contribution < -0.4 is 10.6 Å². The molecule has 0 aliphatic heterocycles. The van der Waals surface area contributed by atoms with E-state index in [4.69, 9.17) is 5.11 Å². The zero-order valence-electron chi connectivity index (χ0n) is 9.77. The lowest BCUT2D eigenvalue weighted by atomic mass is 10.1. The van der Waals surface area contributed by atoms with Gasteiger partial charge < -0.3 is 15.7 Å². The molecule has 1 aliphatic carbocycles. The van der Waals surface area contributed by atoms with E-state index in [9.17, 15) is 13.8 Å². The number of carbonyl (C=O) groups excluding carboxylic acids is 1. The molecule has 0 radical (unpaired) electrons. The summed E-state index contributed by atoms with van der Waals surface area (Å²) < 4.78 is 10.8. The summed E-state index contributed by atoms with van der Waals surface area (Å²) in [4.78, 5) is 22.1. The van der Waals surface area contributed by atoms with Crippen molar-refractivity contribution in [1.29, 1.82) is 0 Å². The number of hydrogen-bond donors (Lipinski definition) is 3. The molecule has 98 valence electrons. The first-order valence-corrected chi connectivity index (χ1v) is 7.29. The molecule has 0 aromatic heterocycles. The molecule has 1 aliphatic rings. The highest BCUT2D eigenvalue weighted by Gasteiger charge is 2.30. The van der Waals surface area contributed by atoms with Crippen molar-refractivity contribution >= 4 is 22.8 Å². The smallest absolute Gasteiger partial charge is 0.315 e. The molecule has 0 aromatic rings. The highest BCUT2D eigenvalue weighted by atomic mass is 32.2. The average Bonchev–Trinajstić information content (AvgIpc) is 2.65. The van der Waals surface area contributed by atoms with Crippen LogP contribution >= 0.6 is 0 Å². The summed E-state index contributed by atoms with van der Waals surface area (Å²) in [6.45, 7) is 0.365. The lowest BCUT2D eigenvalue weighted by Crippen LogP contribution is -2.42. The Hall–Kier alpha value is -1.11. The normalized spacial score (nSPS) is 25.2. The third kappa shape index (κ3) is 5.16. The lowest BCUT2D eigenvalue weighted by molar-refractivity contribution is -0.141. The van der Waals surface area contributed by atoms with Gasteiger partial charge in [-0.1, -0.05) is 0 Å². The maximum atomic E-state index is 11.4. The van der Waals surface area contributed by atoms with E-state index in [1.165, 1.54) is 0 Å². The number of hydrogen-bond acceptors (Lipinski definition) is 3. The molecule has 2 amide bonds. The zero-order valence-corrected chi connectivity index (χ0v) is 10.6. The van der Waals surface area contributed by atoms with E-state index in [2.05, 4.69) is 10.6 Å². The topological polar surface area (TPSA) is 95.5 Å². The van der Waals surface area contributed by atoms with Gasteiger partial charge in [0.15, 0.2) is 0 Å². The van der Waals surface area contributed by atoms with E-state index in [1.807, 2.05) is 0 Å². The maximum Gasteiger partial charge on any atom is 0.315 e. The summed E-state index contributed by atoms with van der Waals surface area (Å²) in [6, 6.07) is -0.380. The molecule has 17 heavy (non-hydrogen) atoms. The quantitative estimate of drug-likeness (QED) is 0.645. The van der Waals surface area contributed by atoms with Gasteiger partial charge in [0.05, 0.1) is 5.92 Å². The summed E-state index contributed by atoms with van der Waals surface area (Å²) in [5.74, 6) is -0.713. The third-order valence-electron chi connectivity index (χ3n) is 2.79. The second-order valence-corrected chi connectivity index (χ2v) is 5.78. The molecular formula is C10H18N2O4S. The van der Waals surface area contributed by atoms with Crippen molar-refractivity contribution in [2.24, 2.45) is 5.92 Å². The largest absolute Gasteiger partial charge is 0.481 e. The number of urea groups is 1. The Labute approximate surface area is 103 Å². The molecule has 1 saturated carbocycles. The first kappa shape index (κ1) is 14.0. The molecule has 3 atom stereocenters. The first-order chi connectivity index (χ1) is 7.99. The Morgan fingerprint density at radius 1 is 1.41 bits per heavy atom. The van der Waals surface area contributed by atoms with E-state index < -0.39 is 16.8 Å². The summed E-state index contributed by atoms with van der Waals surface area (Å²) >= 11 is 0. The molecule has 0 saturated heterocycles. The second kappa shape index (κ2) is 6.58. The minimum Gasteiger partial charge on any atom is -0.481 e. The lowest BCUT2D eigenvalue weighted by Gasteiger charge is -2.13. The highest BCUT2D eigenvalue weighted by molar-refractivity contribution is 7.84. The Balaban J connectivity index is 2.19. The Morgan fingerprint density at radius 2 is 2.12 bits per heavy atom. The third-order valence-corrected chi connectivity index (χ3v) is 3.57. The van der Waals surface area contributed by atoms with Gasteiger partial charge in [-0.05, 0) is 19.3 Å². The monoisotopic (exact) mass is 262 g/mol. The van der Waals surface area contributed by atoms with E-state index in [0.29, 0.717) is 31.6 Å². The standard InChI is InChI=1S/C10H18N2O4S/c1-17(16)5-4-11-10(15)12-8-3-2-7(6-8)9(13)14/h7-8H,2-6H2,1H3,(H,13,14)(H2,11,12,15)/t7-,8+,17?/m1/s1. The Bertz CT molecular complexity index is 321. The van der Waals surface area contributed by atoms with Crippen molar-refractivity contribution in [3.63, 3.8) is 0 Å². The molecule has 1 unspecified atom stereocenters.